The lowest BCUT2D eigenvalue weighted by atomic mass is 10.3. The lowest BCUT2D eigenvalue weighted by Gasteiger charge is -2.08. The second kappa shape index (κ2) is 6.17. The van der Waals surface area contributed by atoms with Crippen molar-refractivity contribution >= 4 is 32.5 Å². The number of sulfone groups is 1. The molecular weight excluding hydrogens is 351 g/mol. The van der Waals surface area contributed by atoms with Crippen molar-refractivity contribution in [3.05, 3.63) is 58.8 Å². The highest BCUT2D eigenvalue weighted by molar-refractivity contribution is 7.90. The fraction of sp³-hybridized carbons (Fsp3) is 0.125. The van der Waals surface area contributed by atoms with E-state index in [2.05, 4.69) is 5.32 Å². The van der Waals surface area contributed by atoms with Gasteiger partial charge in [-0.2, -0.15) is 0 Å². The summed E-state index contributed by atoms with van der Waals surface area (Å²) in [4.78, 5) is 23.9. The van der Waals surface area contributed by atoms with Gasteiger partial charge in [-0.1, -0.05) is 12.1 Å². The van der Waals surface area contributed by atoms with Crippen LogP contribution in [0, 0.1) is 5.82 Å². The molecule has 25 heavy (non-hydrogen) atoms. The maximum absolute atomic E-state index is 13.8. The molecule has 0 aliphatic rings. The van der Waals surface area contributed by atoms with Gasteiger partial charge in [-0.25, -0.2) is 17.6 Å². The predicted octanol–water partition coefficient (Wildman–Crippen LogP) is 1.78. The molecule has 1 heterocycles. The second-order valence-electron chi connectivity index (χ2n) is 5.38. The number of aromatic nitrogens is 1. The van der Waals surface area contributed by atoms with Crippen LogP contribution in [0.2, 0.25) is 0 Å². The Hall–Kier alpha value is -2.94. The minimum absolute atomic E-state index is 0.130. The number of benzene rings is 2. The number of oxazole rings is 1. The Morgan fingerprint density at radius 2 is 1.96 bits per heavy atom. The molecule has 0 fully saturated rings. The van der Waals surface area contributed by atoms with Crippen LogP contribution in [0.3, 0.4) is 0 Å². The molecule has 0 spiro atoms. The smallest absolute Gasteiger partial charge is 0.408 e. The Balaban J connectivity index is 1.88. The van der Waals surface area contributed by atoms with E-state index < -0.39 is 33.9 Å². The fourth-order valence-corrected chi connectivity index (χ4v) is 2.98. The molecule has 0 bridgehead atoms. The normalized spacial score (nSPS) is 11.6. The highest BCUT2D eigenvalue weighted by Gasteiger charge is 2.16. The largest absolute Gasteiger partial charge is 0.420 e. The summed E-state index contributed by atoms with van der Waals surface area (Å²) in [6, 6.07) is 9.64. The lowest BCUT2D eigenvalue weighted by Crippen LogP contribution is -2.25. The number of amides is 1. The SMILES string of the molecule is CS(=O)(=O)c1ccc(F)c(NC(=O)Cn2c(=O)oc3ccccc32)c1. The Labute approximate surface area is 141 Å². The molecule has 1 aromatic heterocycles. The summed E-state index contributed by atoms with van der Waals surface area (Å²) in [5, 5.41) is 2.27. The number of carbonyl (C=O) groups is 1. The first-order valence-corrected chi connectivity index (χ1v) is 9.02. The van der Waals surface area contributed by atoms with E-state index in [1.165, 1.54) is 0 Å². The van der Waals surface area contributed by atoms with E-state index in [4.69, 9.17) is 4.42 Å². The van der Waals surface area contributed by atoms with Crippen molar-refractivity contribution in [3.63, 3.8) is 0 Å². The average molecular weight is 364 g/mol. The number of fused-ring (bicyclic) bond motifs is 1. The van der Waals surface area contributed by atoms with Gasteiger partial charge >= 0.3 is 5.76 Å². The number of carbonyl (C=O) groups excluding carboxylic acids is 1. The van der Waals surface area contributed by atoms with Crippen LogP contribution in [-0.2, 0) is 21.2 Å². The summed E-state index contributed by atoms with van der Waals surface area (Å²) in [6.07, 6.45) is 0.975. The van der Waals surface area contributed by atoms with Gasteiger partial charge in [0.2, 0.25) is 5.91 Å². The molecule has 3 rings (SSSR count). The van der Waals surface area contributed by atoms with Gasteiger partial charge in [0.1, 0.15) is 12.4 Å². The third-order valence-electron chi connectivity index (χ3n) is 3.52. The molecule has 3 aromatic rings. The van der Waals surface area contributed by atoms with E-state index in [-0.39, 0.29) is 10.6 Å². The molecular formula is C16H13FN2O5S. The summed E-state index contributed by atoms with van der Waals surface area (Å²) in [5.74, 6) is -2.20. The third-order valence-corrected chi connectivity index (χ3v) is 4.63. The number of nitrogens with one attached hydrogen (secondary N) is 1. The minimum atomic E-state index is -3.55. The van der Waals surface area contributed by atoms with Gasteiger partial charge in [-0.3, -0.25) is 9.36 Å². The molecule has 2 aromatic carbocycles. The van der Waals surface area contributed by atoms with E-state index in [0.29, 0.717) is 11.1 Å². The van der Waals surface area contributed by atoms with Crippen molar-refractivity contribution in [2.24, 2.45) is 0 Å². The molecule has 0 radical (unpaired) electrons. The van der Waals surface area contributed by atoms with Crippen LogP contribution in [0.25, 0.3) is 11.1 Å². The maximum Gasteiger partial charge on any atom is 0.420 e. The van der Waals surface area contributed by atoms with Crippen molar-refractivity contribution in [2.45, 2.75) is 11.4 Å². The van der Waals surface area contributed by atoms with Crippen LogP contribution in [0.5, 0.6) is 0 Å². The van der Waals surface area contributed by atoms with Crippen LogP contribution < -0.4 is 11.1 Å². The van der Waals surface area contributed by atoms with Crippen molar-refractivity contribution in [2.75, 3.05) is 11.6 Å². The van der Waals surface area contributed by atoms with Gasteiger partial charge in [0, 0.05) is 6.26 Å². The molecule has 0 aliphatic heterocycles. The van der Waals surface area contributed by atoms with Crippen molar-refractivity contribution in [3.8, 4) is 0 Å². The Morgan fingerprint density at radius 3 is 2.68 bits per heavy atom. The molecule has 0 atom stereocenters. The summed E-state index contributed by atoms with van der Waals surface area (Å²) < 4.78 is 43.0. The summed E-state index contributed by atoms with van der Waals surface area (Å²) >= 11 is 0. The Kier molecular flexibility index (Phi) is 4.17. The van der Waals surface area contributed by atoms with Crippen LogP contribution in [0.1, 0.15) is 0 Å². The molecule has 9 heteroatoms. The van der Waals surface area contributed by atoms with Crippen molar-refractivity contribution in [1.82, 2.24) is 4.57 Å². The summed E-state index contributed by atoms with van der Waals surface area (Å²) in [5.41, 5.74) is 0.465. The van der Waals surface area contributed by atoms with Crippen LogP contribution in [-0.4, -0.2) is 25.1 Å². The second-order valence-corrected chi connectivity index (χ2v) is 7.40. The van der Waals surface area contributed by atoms with E-state index >= 15 is 0 Å². The average Bonchev–Trinajstić information content (AvgIpc) is 2.84. The summed E-state index contributed by atoms with van der Waals surface area (Å²) in [7, 11) is -3.55. The zero-order valence-electron chi connectivity index (χ0n) is 13.0. The first kappa shape index (κ1) is 16.9. The fourth-order valence-electron chi connectivity index (χ4n) is 2.33. The highest BCUT2D eigenvalue weighted by atomic mass is 32.2. The molecule has 0 saturated heterocycles. The zero-order chi connectivity index (χ0) is 18.2. The number of nitrogens with zero attached hydrogens (tertiary/aromatic N) is 1. The Morgan fingerprint density at radius 1 is 1.24 bits per heavy atom. The van der Waals surface area contributed by atoms with Gasteiger partial charge in [0.05, 0.1) is 16.1 Å². The lowest BCUT2D eigenvalue weighted by molar-refractivity contribution is -0.116. The van der Waals surface area contributed by atoms with Gasteiger partial charge in [0.15, 0.2) is 15.4 Å². The number of halogens is 1. The number of para-hydroxylation sites is 2. The van der Waals surface area contributed by atoms with Crippen LogP contribution in [0.4, 0.5) is 10.1 Å². The standard InChI is InChI=1S/C16H13FN2O5S/c1-25(22,23)10-6-7-11(17)12(8-10)18-15(20)9-19-13-4-2-3-5-14(13)24-16(19)21/h2-8H,9H2,1H3,(H,18,20). The van der Waals surface area contributed by atoms with E-state index in [1.807, 2.05) is 0 Å². The molecule has 0 saturated carbocycles. The minimum Gasteiger partial charge on any atom is -0.408 e. The number of hydrogen-bond donors (Lipinski definition) is 1. The van der Waals surface area contributed by atoms with E-state index in [1.54, 1.807) is 24.3 Å². The zero-order valence-corrected chi connectivity index (χ0v) is 13.8. The molecule has 130 valence electrons. The highest BCUT2D eigenvalue weighted by Crippen LogP contribution is 2.20. The summed E-state index contributed by atoms with van der Waals surface area (Å²) in [6.45, 7) is -0.404. The third kappa shape index (κ3) is 3.45. The molecule has 1 amide bonds. The quantitative estimate of drug-likeness (QED) is 0.712. The van der Waals surface area contributed by atoms with Gasteiger partial charge in [-0.05, 0) is 30.3 Å². The molecule has 1 N–H and O–H groups in total. The van der Waals surface area contributed by atoms with Crippen molar-refractivity contribution < 1.29 is 22.0 Å². The van der Waals surface area contributed by atoms with Crippen molar-refractivity contribution in [1.29, 1.82) is 0 Å². The Bertz CT molecular complexity index is 1130. The first-order chi connectivity index (χ1) is 11.8. The van der Waals surface area contributed by atoms with Gasteiger partial charge in [0.25, 0.3) is 0 Å². The number of hydrogen-bond acceptors (Lipinski definition) is 5. The topological polar surface area (TPSA) is 98.4 Å². The van der Waals surface area contributed by atoms with Crippen LogP contribution in [0.15, 0.2) is 56.6 Å². The van der Waals surface area contributed by atoms with Gasteiger partial charge in [-0.15, -0.1) is 0 Å². The first-order valence-electron chi connectivity index (χ1n) is 7.13. The van der Waals surface area contributed by atoms with Crippen LogP contribution >= 0.6 is 0 Å². The monoisotopic (exact) mass is 364 g/mol. The number of anilines is 1. The molecule has 7 nitrogen and oxygen atoms in total. The van der Waals surface area contributed by atoms with Gasteiger partial charge < -0.3 is 9.73 Å². The molecule has 0 aliphatic carbocycles. The van der Waals surface area contributed by atoms with E-state index in [9.17, 15) is 22.4 Å². The molecule has 0 unspecified atom stereocenters. The predicted molar refractivity (Wildman–Crippen MR) is 88.6 cm³/mol. The maximum atomic E-state index is 13.8. The van der Waals surface area contributed by atoms with E-state index in [0.717, 1.165) is 29.0 Å². The number of rotatable bonds is 4.